The number of carbonyl (C=O) groups excluding carboxylic acids is 3. The number of unbranched alkanes of at least 4 members (excludes halogenated alkanes) is 2. The van der Waals surface area contributed by atoms with Crippen LogP contribution >= 0.6 is 0 Å². The lowest BCUT2D eigenvalue weighted by atomic mass is 10.2. The van der Waals surface area contributed by atoms with Crippen molar-refractivity contribution < 1.29 is 42.8 Å². The number of hydrogen-bond acceptors (Lipinski definition) is 9. The number of benzene rings is 3. The van der Waals surface area contributed by atoms with E-state index < -0.39 is 17.9 Å². The van der Waals surface area contributed by atoms with Gasteiger partial charge in [-0.05, 0) is 86.0 Å². The zero-order valence-corrected chi connectivity index (χ0v) is 23.3. The highest BCUT2D eigenvalue weighted by atomic mass is 16.5. The maximum Gasteiger partial charge on any atom is 0.343 e. The fraction of sp³-hybridized carbons (Fsp3) is 0.281. The average molecular weight is 563 g/mol. The number of rotatable bonds is 16. The summed E-state index contributed by atoms with van der Waals surface area (Å²) in [4.78, 5) is 36.2. The Kier molecular flexibility index (Phi) is 12.3. The predicted molar refractivity (Wildman–Crippen MR) is 152 cm³/mol. The van der Waals surface area contributed by atoms with Gasteiger partial charge in [0.2, 0.25) is 0 Å². The Morgan fingerprint density at radius 1 is 0.683 bits per heavy atom. The number of ether oxygens (including phenoxy) is 6. The van der Waals surface area contributed by atoms with Gasteiger partial charge >= 0.3 is 17.9 Å². The molecule has 3 rings (SSSR count). The van der Waals surface area contributed by atoms with Crippen molar-refractivity contribution in [2.75, 3.05) is 26.9 Å². The molecule has 0 atom stereocenters. The van der Waals surface area contributed by atoms with Gasteiger partial charge in [-0.25, -0.2) is 14.4 Å². The van der Waals surface area contributed by atoms with E-state index >= 15 is 0 Å². The maximum absolute atomic E-state index is 12.6. The van der Waals surface area contributed by atoms with Gasteiger partial charge < -0.3 is 28.4 Å². The molecule has 9 heteroatoms. The Morgan fingerprint density at radius 3 is 1.85 bits per heavy atom. The second-order valence-corrected chi connectivity index (χ2v) is 8.77. The van der Waals surface area contributed by atoms with E-state index in [2.05, 4.69) is 13.5 Å². The van der Waals surface area contributed by atoms with Crippen molar-refractivity contribution in [2.45, 2.75) is 32.6 Å². The standard InChI is InChI=1S/C32H34O9/c1-4-6-19-38-28-18-11-24(22-29(28)36-3)32(35)41-27-16-14-26(15-17-27)40-31(34)23-9-12-25(13-10-23)37-20-7-8-21-39-30(33)5-2/h5,9-18,22H,2,4,6-8,19-21H2,1,3H3. The molecule has 0 unspecified atom stereocenters. The van der Waals surface area contributed by atoms with Gasteiger partial charge in [0.15, 0.2) is 11.5 Å². The van der Waals surface area contributed by atoms with E-state index in [4.69, 9.17) is 28.4 Å². The number of methoxy groups -OCH3 is 1. The third-order valence-electron chi connectivity index (χ3n) is 5.71. The smallest absolute Gasteiger partial charge is 0.343 e. The third kappa shape index (κ3) is 10.0. The lowest BCUT2D eigenvalue weighted by Gasteiger charge is -2.12. The summed E-state index contributed by atoms with van der Waals surface area (Å²) in [5.41, 5.74) is 0.655. The Balaban J connectivity index is 1.46. The molecule has 0 saturated carbocycles. The number of esters is 3. The van der Waals surface area contributed by atoms with Crippen molar-refractivity contribution in [3.05, 3.63) is 90.5 Å². The van der Waals surface area contributed by atoms with Gasteiger partial charge in [0, 0.05) is 6.08 Å². The lowest BCUT2D eigenvalue weighted by molar-refractivity contribution is -0.137. The predicted octanol–water partition coefficient (Wildman–Crippen LogP) is 6.20. The lowest BCUT2D eigenvalue weighted by Crippen LogP contribution is -2.10. The first kappa shape index (κ1) is 30.7. The number of carbonyl (C=O) groups is 3. The summed E-state index contributed by atoms with van der Waals surface area (Å²) in [6, 6.07) is 17.6. The highest BCUT2D eigenvalue weighted by Crippen LogP contribution is 2.29. The van der Waals surface area contributed by atoms with Crippen LogP contribution in [0.3, 0.4) is 0 Å². The van der Waals surface area contributed by atoms with Crippen molar-refractivity contribution in [1.29, 1.82) is 0 Å². The van der Waals surface area contributed by atoms with E-state index in [-0.39, 0.29) is 5.75 Å². The van der Waals surface area contributed by atoms with Gasteiger partial charge in [-0.15, -0.1) is 0 Å². The topological polar surface area (TPSA) is 107 Å². The molecule has 3 aromatic rings. The minimum atomic E-state index is -0.563. The monoisotopic (exact) mass is 562 g/mol. The van der Waals surface area contributed by atoms with Crippen molar-refractivity contribution in [1.82, 2.24) is 0 Å². The van der Waals surface area contributed by atoms with E-state index in [0.717, 1.165) is 18.9 Å². The van der Waals surface area contributed by atoms with E-state index in [0.29, 0.717) is 66.8 Å². The quantitative estimate of drug-likeness (QED) is 0.0873. The van der Waals surface area contributed by atoms with Crippen molar-refractivity contribution in [3.8, 4) is 28.7 Å². The molecular weight excluding hydrogens is 528 g/mol. The second-order valence-electron chi connectivity index (χ2n) is 8.77. The molecule has 0 aliphatic rings. The fourth-order valence-electron chi connectivity index (χ4n) is 3.46. The molecular formula is C32H34O9. The highest BCUT2D eigenvalue weighted by Gasteiger charge is 2.14. The summed E-state index contributed by atoms with van der Waals surface area (Å²) in [6.45, 7) is 6.73. The molecule has 0 aliphatic heterocycles. The Labute approximate surface area is 239 Å². The van der Waals surface area contributed by atoms with Gasteiger partial charge in [0.05, 0.1) is 38.1 Å². The first-order valence-electron chi connectivity index (χ1n) is 13.3. The summed E-state index contributed by atoms with van der Waals surface area (Å²) in [5, 5.41) is 0. The van der Waals surface area contributed by atoms with Crippen molar-refractivity contribution in [2.24, 2.45) is 0 Å². The molecule has 0 spiro atoms. The second kappa shape index (κ2) is 16.3. The molecule has 9 nitrogen and oxygen atoms in total. The van der Waals surface area contributed by atoms with Gasteiger partial charge in [0.1, 0.15) is 17.2 Å². The van der Waals surface area contributed by atoms with Crippen molar-refractivity contribution in [3.63, 3.8) is 0 Å². The van der Waals surface area contributed by atoms with Crippen LogP contribution in [0, 0.1) is 0 Å². The minimum Gasteiger partial charge on any atom is -0.494 e. The summed E-state index contributed by atoms with van der Waals surface area (Å²) < 4.78 is 32.5. The van der Waals surface area contributed by atoms with Crippen LogP contribution in [-0.4, -0.2) is 44.8 Å². The first-order chi connectivity index (χ1) is 19.9. The SMILES string of the molecule is C=CC(=O)OCCCCOc1ccc(C(=O)Oc2ccc(OC(=O)c3ccc(OCCCC)c(OC)c3)cc2)cc1. The molecule has 0 amide bonds. The zero-order chi connectivity index (χ0) is 29.5. The summed E-state index contributed by atoms with van der Waals surface area (Å²) in [5.74, 6) is 0.643. The van der Waals surface area contributed by atoms with Crippen LogP contribution in [0.5, 0.6) is 28.7 Å². The highest BCUT2D eigenvalue weighted by molar-refractivity contribution is 5.92. The largest absolute Gasteiger partial charge is 0.494 e. The zero-order valence-electron chi connectivity index (χ0n) is 23.3. The molecule has 0 fully saturated rings. The molecule has 0 heterocycles. The van der Waals surface area contributed by atoms with E-state index in [1.54, 1.807) is 42.5 Å². The van der Waals surface area contributed by atoms with Crippen LogP contribution < -0.4 is 23.7 Å². The van der Waals surface area contributed by atoms with Crippen LogP contribution in [0.2, 0.25) is 0 Å². The van der Waals surface area contributed by atoms with E-state index in [9.17, 15) is 14.4 Å². The minimum absolute atomic E-state index is 0.289. The molecule has 0 N–H and O–H groups in total. The van der Waals surface area contributed by atoms with Crippen LogP contribution in [0.1, 0.15) is 53.3 Å². The van der Waals surface area contributed by atoms with Gasteiger partial charge in [-0.3, -0.25) is 0 Å². The fourth-order valence-corrected chi connectivity index (χ4v) is 3.46. The van der Waals surface area contributed by atoms with Gasteiger partial charge in [-0.2, -0.15) is 0 Å². The average Bonchev–Trinajstić information content (AvgIpc) is 3.00. The summed E-state index contributed by atoms with van der Waals surface area (Å²) >= 11 is 0. The van der Waals surface area contributed by atoms with Gasteiger partial charge in [-0.1, -0.05) is 19.9 Å². The maximum atomic E-state index is 12.6. The molecule has 0 saturated heterocycles. The van der Waals surface area contributed by atoms with Gasteiger partial charge in [0.25, 0.3) is 0 Å². The summed E-state index contributed by atoms with van der Waals surface area (Å²) in [7, 11) is 1.51. The summed E-state index contributed by atoms with van der Waals surface area (Å²) in [6.07, 6.45) is 4.42. The number of hydrogen-bond donors (Lipinski definition) is 0. The molecule has 0 bridgehead atoms. The van der Waals surface area contributed by atoms with Crippen LogP contribution in [0.4, 0.5) is 0 Å². The molecule has 3 aromatic carbocycles. The van der Waals surface area contributed by atoms with Crippen LogP contribution in [0.25, 0.3) is 0 Å². The van der Waals surface area contributed by atoms with E-state index in [1.807, 2.05) is 0 Å². The van der Waals surface area contributed by atoms with Crippen LogP contribution in [0.15, 0.2) is 79.4 Å². The third-order valence-corrected chi connectivity index (χ3v) is 5.71. The van der Waals surface area contributed by atoms with Crippen molar-refractivity contribution >= 4 is 17.9 Å². The molecule has 41 heavy (non-hydrogen) atoms. The Bertz CT molecular complexity index is 1300. The van der Waals surface area contributed by atoms with Crippen LogP contribution in [-0.2, 0) is 9.53 Å². The molecule has 0 aromatic heterocycles. The molecule has 0 aliphatic carbocycles. The Morgan fingerprint density at radius 2 is 1.24 bits per heavy atom. The molecule has 216 valence electrons. The normalized spacial score (nSPS) is 10.3. The first-order valence-corrected chi connectivity index (χ1v) is 13.3. The van der Waals surface area contributed by atoms with E-state index in [1.165, 1.54) is 31.4 Å². The molecule has 0 radical (unpaired) electrons. The Hall–Kier alpha value is -4.79.